The molecule has 1 saturated heterocycles. The number of aromatic nitrogens is 1. The van der Waals surface area contributed by atoms with Gasteiger partial charge in [0.2, 0.25) is 0 Å². The molecule has 0 saturated carbocycles. The van der Waals surface area contributed by atoms with Crippen LogP contribution in [0.2, 0.25) is 0 Å². The Morgan fingerprint density at radius 2 is 1.78 bits per heavy atom. The number of halogens is 1. The van der Waals surface area contributed by atoms with Crippen molar-refractivity contribution in [3.63, 3.8) is 0 Å². The third-order valence-corrected chi connectivity index (χ3v) is 4.27. The van der Waals surface area contributed by atoms with Gasteiger partial charge in [0.25, 0.3) is 0 Å². The average molecular weight is 312 g/mol. The molecule has 4 heteroatoms. The van der Waals surface area contributed by atoms with Crippen molar-refractivity contribution in [3.8, 4) is 0 Å². The Bertz CT molecular complexity index is 667. The largest absolute Gasteiger partial charge is 0.308 e. The number of benzene rings is 1. The zero-order valence-electron chi connectivity index (χ0n) is 13.3. The summed E-state index contributed by atoms with van der Waals surface area (Å²) < 4.78 is 13.2. The fraction of sp³-hybridized carbons (Fsp3) is 0.368. The van der Waals surface area contributed by atoms with E-state index in [1.54, 1.807) is 6.20 Å². The monoisotopic (exact) mass is 312 g/mol. The molecule has 0 bridgehead atoms. The number of nitrogens with zero attached hydrogens (tertiary/aromatic N) is 1. The van der Waals surface area contributed by atoms with E-state index in [9.17, 15) is 9.18 Å². The molecule has 23 heavy (non-hydrogen) atoms. The van der Waals surface area contributed by atoms with Gasteiger partial charge in [-0.05, 0) is 36.1 Å². The van der Waals surface area contributed by atoms with Gasteiger partial charge in [0, 0.05) is 37.3 Å². The number of rotatable bonds is 6. The Morgan fingerprint density at radius 1 is 1.13 bits per heavy atom. The van der Waals surface area contributed by atoms with E-state index in [0.29, 0.717) is 25.8 Å². The zero-order valence-corrected chi connectivity index (χ0v) is 13.3. The maximum Gasteiger partial charge on any atom is 0.141 e. The predicted octanol–water partition coefficient (Wildman–Crippen LogP) is 2.60. The number of hydrogen-bond donors (Lipinski definition) is 1. The van der Waals surface area contributed by atoms with E-state index in [1.807, 2.05) is 43.3 Å². The van der Waals surface area contributed by atoms with Gasteiger partial charge in [-0.2, -0.15) is 0 Å². The minimum absolute atomic E-state index is 0.0588. The lowest BCUT2D eigenvalue weighted by Gasteiger charge is -2.32. The maximum atomic E-state index is 13.2. The Hall–Kier alpha value is -2.07. The van der Waals surface area contributed by atoms with Crippen LogP contribution in [0.15, 0.2) is 42.6 Å². The van der Waals surface area contributed by atoms with Crippen molar-refractivity contribution < 1.29 is 9.18 Å². The minimum atomic E-state index is -0.737. The number of alkyl halides is 1. The molecule has 1 fully saturated rings. The van der Waals surface area contributed by atoms with Gasteiger partial charge in [-0.3, -0.25) is 9.78 Å². The minimum Gasteiger partial charge on any atom is -0.308 e. The third kappa shape index (κ3) is 4.23. The number of aryl methyl sites for hydroxylation is 1. The van der Waals surface area contributed by atoms with Crippen LogP contribution in [0.4, 0.5) is 4.39 Å². The molecule has 0 radical (unpaired) electrons. The van der Waals surface area contributed by atoms with Crippen LogP contribution in [0.25, 0.3) is 0 Å². The van der Waals surface area contributed by atoms with Gasteiger partial charge in [0.1, 0.15) is 12.0 Å². The van der Waals surface area contributed by atoms with Gasteiger partial charge in [0.05, 0.1) is 0 Å². The lowest BCUT2D eigenvalue weighted by Crippen LogP contribution is -2.55. The van der Waals surface area contributed by atoms with Crippen LogP contribution in [0.1, 0.15) is 22.4 Å². The molecular weight excluding hydrogens is 291 g/mol. The van der Waals surface area contributed by atoms with E-state index in [0.717, 1.165) is 22.4 Å². The Labute approximate surface area is 135 Å². The SMILES string of the molecule is Cc1ccc(CC(=O)Cc2ccc(C[C@H]3NC[C@H]3F)cc2)cn1. The van der Waals surface area contributed by atoms with Crippen LogP contribution in [0, 0.1) is 6.92 Å². The van der Waals surface area contributed by atoms with Gasteiger partial charge in [0.15, 0.2) is 0 Å². The van der Waals surface area contributed by atoms with Crippen LogP contribution >= 0.6 is 0 Å². The molecule has 0 unspecified atom stereocenters. The first-order valence-corrected chi connectivity index (χ1v) is 7.98. The first kappa shape index (κ1) is 15.8. The molecule has 1 aromatic heterocycles. The molecule has 0 amide bonds. The smallest absolute Gasteiger partial charge is 0.141 e. The highest BCUT2D eigenvalue weighted by Crippen LogP contribution is 2.16. The van der Waals surface area contributed by atoms with E-state index in [-0.39, 0.29) is 11.8 Å². The van der Waals surface area contributed by atoms with Crippen LogP contribution in [0.3, 0.4) is 0 Å². The Morgan fingerprint density at radius 3 is 2.35 bits per heavy atom. The van der Waals surface area contributed by atoms with Crippen molar-refractivity contribution in [1.29, 1.82) is 0 Å². The van der Waals surface area contributed by atoms with Gasteiger partial charge >= 0.3 is 0 Å². The maximum absolute atomic E-state index is 13.2. The molecule has 1 aromatic carbocycles. The molecule has 2 atom stereocenters. The Balaban J connectivity index is 1.53. The van der Waals surface area contributed by atoms with Gasteiger partial charge in [-0.25, -0.2) is 4.39 Å². The standard InChI is InChI=1S/C19H21FN2O/c1-13-2-3-16(11-21-13)9-17(23)8-14-4-6-15(7-5-14)10-19-18(20)12-22-19/h2-7,11,18-19,22H,8-10,12H2,1H3/t18-,19-/m1/s1. The van der Waals surface area contributed by atoms with E-state index in [4.69, 9.17) is 0 Å². The lowest BCUT2D eigenvalue weighted by molar-refractivity contribution is -0.117. The predicted molar refractivity (Wildman–Crippen MR) is 88.2 cm³/mol. The summed E-state index contributed by atoms with van der Waals surface area (Å²) in [6.45, 7) is 2.39. The number of carbonyl (C=O) groups excluding carboxylic acids is 1. The Kier molecular flexibility index (Phi) is 4.82. The summed E-state index contributed by atoms with van der Waals surface area (Å²) in [7, 11) is 0. The van der Waals surface area contributed by atoms with Gasteiger partial charge < -0.3 is 5.32 Å². The molecule has 3 rings (SSSR count). The van der Waals surface area contributed by atoms with Crippen LogP contribution in [0.5, 0.6) is 0 Å². The van der Waals surface area contributed by atoms with Crippen molar-refractivity contribution in [2.24, 2.45) is 0 Å². The van der Waals surface area contributed by atoms with Gasteiger partial charge in [-0.15, -0.1) is 0 Å². The normalized spacial score (nSPS) is 20.1. The summed E-state index contributed by atoms with van der Waals surface area (Å²) in [5, 5.41) is 3.09. The summed E-state index contributed by atoms with van der Waals surface area (Å²) in [6, 6.07) is 11.7. The number of hydrogen-bond acceptors (Lipinski definition) is 3. The van der Waals surface area contributed by atoms with Crippen molar-refractivity contribution >= 4 is 5.78 Å². The van der Waals surface area contributed by atoms with E-state index in [1.165, 1.54) is 0 Å². The first-order chi connectivity index (χ1) is 11.1. The van der Waals surface area contributed by atoms with E-state index >= 15 is 0 Å². The molecular formula is C19H21FN2O. The van der Waals surface area contributed by atoms with E-state index < -0.39 is 6.17 Å². The second kappa shape index (κ2) is 7.01. The molecule has 2 aromatic rings. The second-order valence-corrected chi connectivity index (χ2v) is 6.25. The second-order valence-electron chi connectivity index (χ2n) is 6.25. The van der Waals surface area contributed by atoms with Crippen molar-refractivity contribution in [3.05, 3.63) is 65.0 Å². The number of pyridine rings is 1. The number of ketones is 1. The third-order valence-electron chi connectivity index (χ3n) is 4.27. The average Bonchev–Trinajstić information content (AvgIpc) is 2.55. The molecule has 2 heterocycles. The zero-order chi connectivity index (χ0) is 16.2. The molecule has 0 aliphatic carbocycles. The fourth-order valence-corrected chi connectivity index (χ4v) is 2.74. The molecule has 120 valence electrons. The molecule has 1 aliphatic rings. The highest BCUT2D eigenvalue weighted by molar-refractivity contribution is 5.83. The summed E-state index contributed by atoms with van der Waals surface area (Å²) >= 11 is 0. The quantitative estimate of drug-likeness (QED) is 0.891. The number of carbonyl (C=O) groups is 1. The van der Waals surface area contributed by atoms with Crippen molar-refractivity contribution in [2.45, 2.75) is 38.4 Å². The van der Waals surface area contributed by atoms with E-state index in [2.05, 4.69) is 10.3 Å². The summed E-state index contributed by atoms with van der Waals surface area (Å²) in [4.78, 5) is 16.3. The topological polar surface area (TPSA) is 42.0 Å². The summed E-state index contributed by atoms with van der Waals surface area (Å²) in [5.41, 5.74) is 4.00. The number of nitrogens with one attached hydrogen (secondary N) is 1. The highest BCUT2D eigenvalue weighted by atomic mass is 19.1. The van der Waals surface area contributed by atoms with Crippen LogP contribution < -0.4 is 5.32 Å². The highest BCUT2D eigenvalue weighted by Gasteiger charge is 2.29. The first-order valence-electron chi connectivity index (χ1n) is 7.98. The molecule has 1 aliphatic heterocycles. The van der Waals surface area contributed by atoms with Gasteiger partial charge in [-0.1, -0.05) is 30.3 Å². The van der Waals surface area contributed by atoms with Crippen LogP contribution in [-0.4, -0.2) is 29.5 Å². The van der Waals surface area contributed by atoms with Crippen molar-refractivity contribution in [2.75, 3.05) is 6.54 Å². The molecule has 1 N–H and O–H groups in total. The fourth-order valence-electron chi connectivity index (χ4n) is 2.74. The summed E-state index contributed by atoms with van der Waals surface area (Å²) in [5.74, 6) is 0.174. The van der Waals surface area contributed by atoms with Crippen molar-refractivity contribution in [1.82, 2.24) is 10.3 Å². The number of Topliss-reactive ketones (excluding diaryl/α,β-unsaturated/α-hetero) is 1. The summed E-state index contributed by atoms with van der Waals surface area (Å²) in [6.07, 6.45) is 2.55. The lowest BCUT2D eigenvalue weighted by atomic mass is 9.95. The van der Waals surface area contributed by atoms with Crippen LogP contribution in [-0.2, 0) is 24.1 Å². The molecule has 0 spiro atoms. The molecule has 3 nitrogen and oxygen atoms in total.